The Kier molecular flexibility index (Phi) is 4.24. The summed E-state index contributed by atoms with van der Waals surface area (Å²) in [6, 6.07) is 11.8. The molecular formula is C15H11Br2ClO2. The highest BCUT2D eigenvalue weighted by Gasteiger charge is 2.20. The van der Waals surface area contributed by atoms with Crippen molar-refractivity contribution >= 4 is 43.5 Å². The third kappa shape index (κ3) is 2.83. The van der Waals surface area contributed by atoms with Gasteiger partial charge in [-0.2, -0.15) is 0 Å². The van der Waals surface area contributed by atoms with E-state index in [1.54, 1.807) is 0 Å². The van der Waals surface area contributed by atoms with Crippen molar-refractivity contribution in [1.29, 1.82) is 0 Å². The first-order valence-electron chi connectivity index (χ1n) is 6.14. The lowest BCUT2D eigenvalue weighted by Gasteiger charge is -2.21. The summed E-state index contributed by atoms with van der Waals surface area (Å²) < 4.78 is 13.1. The summed E-state index contributed by atoms with van der Waals surface area (Å²) in [6.45, 7) is 1.15. The van der Waals surface area contributed by atoms with Crippen LogP contribution in [0.15, 0.2) is 45.3 Å². The number of hydrogen-bond donors (Lipinski definition) is 0. The quantitative estimate of drug-likeness (QED) is 0.616. The second-order valence-corrected chi connectivity index (χ2v) is 6.64. The van der Waals surface area contributed by atoms with Crippen LogP contribution < -0.4 is 9.47 Å². The van der Waals surface area contributed by atoms with Crippen molar-refractivity contribution < 1.29 is 9.47 Å². The minimum atomic E-state index is -0.252. The van der Waals surface area contributed by atoms with Crippen LogP contribution in [0.2, 0.25) is 0 Å². The molecule has 1 aliphatic heterocycles. The molecule has 3 rings (SSSR count). The maximum absolute atomic E-state index is 6.60. The summed E-state index contributed by atoms with van der Waals surface area (Å²) >= 11 is 13.6. The van der Waals surface area contributed by atoms with Crippen molar-refractivity contribution in [3.8, 4) is 11.5 Å². The molecule has 0 saturated carbocycles. The predicted molar refractivity (Wildman–Crippen MR) is 87.0 cm³/mol. The highest BCUT2D eigenvalue weighted by atomic mass is 79.9. The van der Waals surface area contributed by atoms with Crippen molar-refractivity contribution in [2.24, 2.45) is 0 Å². The zero-order valence-corrected chi connectivity index (χ0v) is 14.3. The van der Waals surface area contributed by atoms with Gasteiger partial charge in [0.2, 0.25) is 0 Å². The minimum absolute atomic E-state index is 0.252. The van der Waals surface area contributed by atoms with E-state index in [0.717, 1.165) is 31.6 Å². The second-order valence-electron chi connectivity index (χ2n) is 4.43. The standard InChI is InChI=1S/C15H11Br2ClO2/c16-10-3-1-2-9(6-10)15(18)11-7-13-14(8-12(11)17)20-5-4-19-13/h1-3,6-8,15H,4-5H2. The topological polar surface area (TPSA) is 18.5 Å². The van der Waals surface area contributed by atoms with Gasteiger partial charge in [-0.15, -0.1) is 11.6 Å². The molecule has 5 heteroatoms. The third-order valence-electron chi connectivity index (χ3n) is 3.08. The average molecular weight is 419 g/mol. The van der Waals surface area contributed by atoms with E-state index in [4.69, 9.17) is 21.1 Å². The van der Waals surface area contributed by atoms with Crippen LogP contribution in [0.4, 0.5) is 0 Å². The summed E-state index contributed by atoms with van der Waals surface area (Å²) in [7, 11) is 0. The summed E-state index contributed by atoms with van der Waals surface area (Å²) in [5.74, 6) is 1.50. The molecule has 0 aromatic heterocycles. The zero-order valence-electron chi connectivity index (χ0n) is 10.4. The van der Waals surface area contributed by atoms with Crippen LogP contribution in [0.3, 0.4) is 0 Å². The first-order valence-corrected chi connectivity index (χ1v) is 8.16. The van der Waals surface area contributed by atoms with E-state index in [2.05, 4.69) is 31.9 Å². The van der Waals surface area contributed by atoms with Gasteiger partial charge in [0.05, 0.1) is 5.38 Å². The van der Waals surface area contributed by atoms with E-state index in [1.807, 2.05) is 36.4 Å². The number of fused-ring (bicyclic) bond motifs is 1. The molecule has 104 valence electrons. The fraction of sp³-hybridized carbons (Fsp3) is 0.200. The lowest BCUT2D eigenvalue weighted by Crippen LogP contribution is -2.15. The zero-order chi connectivity index (χ0) is 14.1. The van der Waals surface area contributed by atoms with E-state index < -0.39 is 0 Å². The average Bonchev–Trinajstić information content (AvgIpc) is 2.46. The molecule has 2 aromatic carbocycles. The molecule has 0 fully saturated rings. The number of ether oxygens (including phenoxy) is 2. The summed E-state index contributed by atoms with van der Waals surface area (Å²) in [5, 5.41) is -0.252. The van der Waals surface area contributed by atoms with E-state index in [9.17, 15) is 0 Å². The Morgan fingerprint density at radius 3 is 2.40 bits per heavy atom. The van der Waals surface area contributed by atoms with Crippen LogP contribution in [0, 0.1) is 0 Å². The summed E-state index contributed by atoms with van der Waals surface area (Å²) in [5.41, 5.74) is 1.99. The Hall–Kier alpha value is -0.710. The Bertz CT molecular complexity index is 646. The van der Waals surface area contributed by atoms with Gasteiger partial charge in [-0.25, -0.2) is 0 Å². The van der Waals surface area contributed by atoms with Gasteiger partial charge in [-0.3, -0.25) is 0 Å². The number of alkyl halides is 1. The molecule has 0 spiro atoms. The number of benzene rings is 2. The maximum Gasteiger partial charge on any atom is 0.162 e. The number of rotatable bonds is 2. The van der Waals surface area contributed by atoms with Gasteiger partial charge >= 0.3 is 0 Å². The van der Waals surface area contributed by atoms with Crippen LogP contribution in [-0.4, -0.2) is 13.2 Å². The largest absolute Gasteiger partial charge is 0.486 e. The van der Waals surface area contributed by atoms with E-state index in [0.29, 0.717) is 13.2 Å². The Labute approximate surface area is 139 Å². The third-order valence-corrected chi connectivity index (χ3v) is 4.74. The SMILES string of the molecule is ClC(c1cccc(Br)c1)c1cc2c(cc1Br)OCCO2. The van der Waals surface area contributed by atoms with Gasteiger partial charge in [0.25, 0.3) is 0 Å². The fourth-order valence-electron chi connectivity index (χ4n) is 2.12. The van der Waals surface area contributed by atoms with Crippen molar-refractivity contribution in [2.75, 3.05) is 13.2 Å². The smallest absolute Gasteiger partial charge is 0.162 e. The van der Waals surface area contributed by atoms with Crippen LogP contribution >= 0.6 is 43.5 Å². The lowest BCUT2D eigenvalue weighted by molar-refractivity contribution is 0.171. The molecule has 20 heavy (non-hydrogen) atoms. The van der Waals surface area contributed by atoms with E-state index >= 15 is 0 Å². The highest BCUT2D eigenvalue weighted by molar-refractivity contribution is 9.10. The van der Waals surface area contributed by atoms with Crippen LogP contribution in [0.25, 0.3) is 0 Å². The highest BCUT2D eigenvalue weighted by Crippen LogP contribution is 2.41. The molecule has 0 aliphatic carbocycles. The molecule has 0 amide bonds. The van der Waals surface area contributed by atoms with Gasteiger partial charge in [0, 0.05) is 8.95 Å². The Balaban J connectivity index is 2.01. The Morgan fingerprint density at radius 2 is 1.70 bits per heavy atom. The number of hydrogen-bond acceptors (Lipinski definition) is 2. The van der Waals surface area contributed by atoms with Crippen LogP contribution in [0.1, 0.15) is 16.5 Å². The first kappa shape index (κ1) is 14.2. The van der Waals surface area contributed by atoms with Crippen molar-refractivity contribution in [1.82, 2.24) is 0 Å². The summed E-state index contributed by atoms with van der Waals surface area (Å²) in [4.78, 5) is 0. The van der Waals surface area contributed by atoms with Crippen LogP contribution in [0.5, 0.6) is 11.5 Å². The van der Waals surface area contributed by atoms with Gasteiger partial charge in [0.1, 0.15) is 13.2 Å². The van der Waals surface area contributed by atoms with Gasteiger partial charge < -0.3 is 9.47 Å². The molecule has 2 aromatic rings. The van der Waals surface area contributed by atoms with Crippen molar-refractivity contribution in [3.63, 3.8) is 0 Å². The Morgan fingerprint density at radius 1 is 1.00 bits per heavy atom. The molecule has 1 heterocycles. The number of halogens is 3. The molecule has 1 atom stereocenters. The van der Waals surface area contributed by atoms with Crippen molar-refractivity contribution in [2.45, 2.75) is 5.38 Å². The van der Waals surface area contributed by atoms with Gasteiger partial charge in [-0.1, -0.05) is 44.0 Å². The molecular weight excluding hydrogens is 407 g/mol. The summed E-state index contributed by atoms with van der Waals surface area (Å²) in [6.07, 6.45) is 0. The normalized spacial score (nSPS) is 14.9. The van der Waals surface area contributed by atoms with E-state index in [-0.39, 0.29) is 5.38 Å². The predicted octanol–water partition coefficient (Wildman–Crippen LogP) is 5.31. The van der Waals surface area contributed by atoms with Gasteiger partial charge in [-0.05, 0) is 35.4 Å². The van der Waals surface area contributed by atoms with Gasteiger partial charge in [0.15, 0.2) is 11.5 Å². The molecule has 1 aliphatic rings. The van der Waals surface area contributed by atoms with Crippen molar-refractivity contribution in [3.05, 3.63) is 56.5 Å². The van der Waals surface area contributed by atoms with E-state index in [1.165, 1.54) is 0 Å². The molecule has 0 N–H and O–H groups in total. The van der Waals surface area contributed by atoms with Crippen LogP contribution in [-0.2, 0) is 0 Å². The molecule has 2 nitrogen and oxygen atoms in total. The second kappa shape index (κ2) is 5.96. The molecule has 0 radical (unpaired) electrons. The maximum atomic E-state index is 6.60. The lowest BCUT2D eigenvalue weighted by atomic mass is 10.0. The molecule has 0 saturated heterocycles. The first-order chi connectivity index (χ1) is 9.65. The molecule has 1 unspecified atom stereocenters. The minimum Gasteiger partial charge on any atom is -0.486 e. The molecule has 0 bridgehead atoms. The monoisotopic (exact) mass is 416 g/mol. The fourth-order valence-corrected chi connectivity index (χ4v) is 3.53.